The topological polar surface area (TPSA) is 29.1 Å². The van der Waals surface area contributed by atoms with Crippen LogP contribution in [-0.2, 0) is 4.79 Å². The Morgan fingerprint density at radius 3 is 2.54 bits per heavy atom. The third-order valence-corrected chi connectivity index (χ3v) is 6.42. The number of anilines is 1. The van der Waals surface area contributed by atoms with Gasteiger partial charge in [0.1, 0.15) is 0 Å². The minimum atomic E-state index is 0.0350. The number of allylic oxidation sites excluding steroid dienone is 4. The molecule has 0 saturated heterocycles. The van der Waals surface area contributed by atoms with E-state index in [0.717, 1.165) is 12.1 Å². The Hall–Kier alpha value is -2.61. The number of rotatable bonds is 2. The number of carbonyl (C=O) groups excluding carboxylic acids is 1. The highest BCUT2D eigenvalue weighted by molar-refractivity contribution is 5.94. The first kappa shape index (κ1) is 15.6. The summed E-state index contributed by atoms with van der Waals surface area (Å²) in [4.78, 5) is 13.2. The largest absolute Gasteiger partial charge is 0.326 e. The van der Waals surface area contributed by atoms with E-state index >= 15 is 0 Å². The van der Waals surface area contributed by atoms with E-state index in [9.17, 15) is 4.79 Å². The fourth-order valence-corrected chi connectivity index (χ4v) is 5.39. The van der Waals surface area contributed by atoms with E-state index in [0.29, 0.717) is 17.8 Å². The smallest absolute Gasteiger partial charge is 0.228 e. The van der Waals surface area contributed by atoms with E-state index in [1.165, 1.54) is 16.7 Å². The van der Waals surface area contributed by atoms with Gasteiger partial charge in [-0.2, -0.15) is 0 Å². The van der Waals surface area contributed by atoms with Gasteiger partial charge in [-0.05, 0) is 59.9 Å². The van der Waals surface area contributed by atoms with Crippen LogP contribution in [0.1, 0.15) is 34.9 Å². The highest BCUT2D eigenvalue weighted by Crippen LogP contribution is 2.59. The van der Waals surface area contributed by atoms with Gasteiger partial charge in [-0.25, -0.2) is 0 Å². The summed E-state index contributed by atoms with van der Waals surface area (Å²) in [6.07, 6.45) is 9.95. The van der Waals surface area contributed by atoms with Crippen molar-refractivity contribution in [1.82, 2.24) is 0 Å². The predicted molar refractivity (Wildman–Crippen MR) is 105 cm³/mol. The SMILES string of the molecule is Cc1cccc(NC(=O)C2CC3c4ccccc4C2C2C=CC=CC32)c1. The molecule has 0 heterocycles. The number of carbonyl (C=O) groups is 1. The Kier molecular flexibility index (Phi) is 3.59. The summed E-state index contributed by atoms with van der Waals surface area (Å²) in [5.41, 5.74) is 4.91. The second-order valence-electron chi connectivity index (χ2n) is 7.89. The van der Waals surface area contributed by atoms with Crippen LogP contribution in [0.3, 0.4) is 0 Å². The van der Waals surface area contributed by atoms with Gasteiger partial charge >= 0.3 is 0 Å². The molecule has 26 heavy (non-hydrogen) atoms. The van der Waals surface area contributed by atoms with Crippen molar-refractivity contribution >= 4 is 11.6 Å². The van der Waals surface area contributed by atoms with Crippen molar-refractivity contribution in [1.29, 1.82) is 0 Å². The maximum atomic E-state index is 13.2. The predicted octanol–water partition coefficient (Wildman–Crippen LogP) is 5.19. The second-order valence-corrected chi connectivity index (χ2v) is 7.89. The van der Waals surface area contributed by atoms with Gasteiger partial charge < -0.3 is 5.32 Å². The van der Waals surface area contributed by atoms with E-state index in [2.05, 4.69) is 66.9 Å². The second kappa shape index (κ2) is 5.98. The van der Waals surface area contributed by atoms with Crippen LogP contribution in [0, 0.1) is 24.7 Å². The summed E-state index contributed by atoms with van der Waals surface area (Å²) in [6.45, 7) is 2.05. The van der Waals surface area contributed by atoms with Crippen molar-refractivity contribution in [2.45, 2.75) is 25.2 Å². The van der Waals surface area contributed by atoms with Crippen molar-refractivity contribution < 1.29 is 4.79 Å². The molecule has 2 aromatic rings. The van der Waals surface area contributed by atoms with Gasteiger partial charge in [0, 0.05) is 17.5 Å². The fourth-order valence-electron chi connectivity index (χ4n) is 5.39. The quantitative estimate of drug-likeness (QED) is 0.800. The van der Waals surface area contributed by atoms with Crippen LogP contribution in [0.5, 0.6) is 0 Å². The number of amides is 1. The maximum absolute atomic E-state index is 13.2. The zero-order valence-electron chi connectivity index (χ0n) is 14.9. The third-order valence-electron chi connectivity index (χ3n) is 6.42. The monoisotopic (exact) mass is 341 g/mol. The molecule has 2 aromatic carbocycles. The van der Waals surface area contributed by atoms with Crippen molar-refractivity contribution in [3.05, 3.63) is 89.5 Å². The summed E-state index contributed by atoms with van der Waals surface area (Å²) in [5, 5.41) is 3.18. The number of hydrogen-bond donors (Lipinski definition) is 1. The Labute approximate surface area is 154 Å². The average Bonchev–Trinajstić information content (AvgIpc) is 2.68. The van der Waals surface area contributed by atoms with Crippen LogP contribution in [0.4, 0.5) is 5.69 Å². The highest BCUT2D eigenvalue weighted by atomic mass is 16.1. The molecule has 6 rings (SSSR count). The van der Waals surface area contributed by atoms with Crippen LogP contribution in [0.25, 0.3) is 0 Å². The number of benzene rings is 2. The molecule has 1 N–H and O–H groups in total. The Morgan fingerprint density at radius 1 is 0.962 bits per heavy atom. The normalized spacial score (nSPS) is 30.6. The first-order valence-corrected chi connectivity index (χ1v) is 9.54. The average molecular weight is 341 g/mol. The lowest BCUT2D eigenvalue weighted by molar-refractivity contribution is -0.122. The molecule has 0 radical (unpaired) electrons. The van der Waals surface area contributed by atoms with E-state index in [4.69, 9.17) is 0 Å². The molecule has 0 aliphatic heterocycles. The Morgan fingerprint density at radius 2 is 1.73 bits per heavy atom. The molecule has 130 valence electrons. The first-order valence-electron chi connectivity index (χ1n) is 9.54. The molecule has 1 fully saturated rings. The fraction of sp³-hybridized carbons (Fsp3) is 0.292. The molecule has 4 aliphatic carbocycles. The minimum absolute atomic E-state index is 0.0350. The van der Waals surface area contributed by atoms with Crippen LogP contribution < -0.4 is 5.32 Å². The molecular weight excluding hydrogens is 318 g/mol. The van der Waals surface area contributed by atoms with Crippen molar-refractivity contribution in [2.75, 3.05) is 5.32 Å². The molecule has 0 aromatic heterocycles. The number of hydrogen-bond acceptors (Lipinski definition) is 1. The molecule has 2 nitrogen and oxygen atoms in total. The van der Waals surface area contributed by atoms with E-state index < -0.39 is 0 Å². The summed E-state index contributed by atoms with van der Waals surface area (Å²) in [7, 11) is 0. The Bertz CT molecular complexity index is 925. The summed E-state index contributed by atoms with van der Waals surface area (Å²) in [6, 6.07) is 16.8. The number of fused-ring (bicyclic) bond motifs is 1. The molecule has 5 atom stereocenters. The number of nitrogens with one attached hydrogen (secondary N) is 1. The lowest BCUT2D eigenvalue weighted by atomic mass is 9.51. The van der Waals surface area contributed by atoms with Gasteiger partial charge in [0.15, 0.2) is 0 Å². The minimum Gasteiger partial charge on any atom is -0.326 e. The number of aryl methyl sites for hydroxylation is 1. The summed E-state index contributed by atoms with van der Waals surface area (Å²) in [5.74, 6) is 1.88. The standard InChI is InChI=1S/C24H23NO/c1-15-7-6-8-16(13-15)25-24(26)22-14-21-17-9-2-4-11-19(17)23(22)20-12-5-3-10-18(20)21/h2-13,17,19,21-23H,14H2,1H3,(H,25,26). The summed E-state index contributed by atoms with van der Waals surface area (Å²) >= 11 is 0. The van der Waals surface area contributed by atoms with Gasteiger partial charge in [-0.15, -0.1) is 0 Å². The van der Waals surface area contributed by atoms with Crippen molar-refractivity contribution in [2.24, 2.45) is 17.8 Å². The van der Waals surface area contributed by atoms with Gasteiger partial charge in [0.2, 0.25) is 5.91 Å². The maximum Gasteiger partial charge on any atom is 0.228 e. The van der Waals surface area contributed by atoms with E-state index in [1.807, 2.05) is 18.2 Å². The summed E-state index contributed by atoms with van der Waals surface area (Å²) < 4.78 is 0. The third kappa shape index (κ3) is 2.36. The lowest BCUT2D eigenvalue weighted by Gasteiger charge is -2.52. The molecule has 1 saturated carbocycles. The molecule has 0 spiro atoms. The van der Waals surface area contributed by atoms with Gasteiger partial charge in [-0.1, -0.05) is 60.7 Å². The highest BCUT2D eigenvalue weighted by Gasteiger charge is 2.51. The molecule has 1 amide bonds. The first-order chi connectivity index (χ1) is 12.7. The lowest BCUT2D eigenvalue weighted by Crippen LogP contribution is -2.46. The van der Waals surface area contributed by atoms with Crippen molar-refractivity contribution in [3.63, 3.8) is 0 Å². The molecule has 4 aliphatic rings. The molecule has 2 heteroatoms. The van der Waals surface area contributed by atoms with Crippen LogP contribution in [-0.4, -0.2) is 5.91 Å². The molecule has 2 bridgehead atoms. The van der Waals surface area contributed by atoms with Crippen LogP contribution in [0.2, 0.25) is 0 Å². The van der Waals surface area contributed by atoms with Gasteiger partial charge in [0.05, 0.1) is 0 Å². The Balaban J connectivity index is 1.51. The van der Waals surface area contributed by atoms with Crippen LogP contribution in [0.15, 0.2) is 72.8 Å². The van der Waals surface area contributed by atoms with Crippen molar-refractivity contribution in [3.8, 4) is 0 Å². The van der Waals surface area contributed by atoms with Gasteiger partial charge in [-0.3, -0.25) is 4.79 Å². The zero-order valence-corrected chi connectivity index (χ0v) is 14.9. The van der Waals surface area contributed by atoms with Gasteiger partial charge in [0.25, 0.3) is 0 Å². The van der Waals surface area contributed by atoms with E-state index in [-0.39, 0.29) is 17.7 Å². The molecule has 5 unspecified atom stereocenters. The van der Waals surface area contributed by atoms with E-state index in [1.54, 1.807) is 0 Å². The van der Waals surface area contributed by atoms with Crippen LogP contribution >= 0.6 is 0 Å². The molecular formula is C24H23NO. The zero-order chi connectivity index (χ0) is 17.7.